The van der Waals surface area contributed by atoms with Gasteiger partial charge in [-0.05, 0) is 13.5 Å². The molecule has 0 saturated carbocycles. The Morgan fingerprint density at radius 2 is 2.07 bits per heavy atom. The van der Waals surface area contributed by atoms with E-state index in [1.165, 1.54) is 11.5 Å². The molecule has 1 fully saturated rings. The standard InChI is InChI=1S/C11H23NOS2/c1-4-12-10(8-13-5-2)11-9(3)14-6-7-15-11/h9-12H,4-8H2,1-3H3. The van der Waals surface area contributed by atoms with Gasteiger partial charge < -0.3 is 10.1 Å². The zero-order valence-electron chi connectivity index (χ0n) is 9.99. The van der Waals surface area contributed by atoms with Crippen molar-refractivity contribution in [3.8, 4) is 0 Å². The summed E-state index contributed by atoms with van der Waals surface area (Å²) in [5.74, 6) is 2.59. The van der Waals surface area contributed by atoms with Crippen molar-refractivity contribution in [2.45, 2.75) is 37.3 Å². The Labute approximate surface area is 102 Å². The van der Waals surface area contributed by atoms with E-state index in [0.717, 1.165) is 25.0 Å². The maximum atomic E-state index is 5.56. The zero-order chi connectivity index (χ0) is 11.1. The second-order valence-corrected chi connectivity index (χ2v) is 6.51. The van der Waals surface area contributed by atoms with E-state index in [-0.39, 0.29) is 0 Å². The van der Waals surface area contributed by atoms with Gasteiger partial charge in [0.15, 0.2) is 0 Å². The number of ether oxygens (including phenoxy) is 1. The molecular weight excluding hydrogens is 226 g/mol. The van der Waals surface area contributed by atoms with Crippen molar-refractivity contribution < 1.29 is 4.74 Å². The van der Waals surface area contributed by atoms with Crippen LogP contribution in [0.4, 0.5) is 0 Å². The Morgan fingerprint density at radius 1 is 1.33 bits per heavy atom. The first-order valence-corrected chi connectivity index (χ1v) is 7.93. The van der Waals surface area contributed by atoms with Gasteiger partial charge in [0, 0.05) is 34.7 Å². The second kappa shape index (κ2) is 7.82. The van der Waals surface area contributed by atoms with Crippen molar-refractivity contribution in [3.63, 3.8) is 0 Å². The van der Waals surface area contributed by atoms with Crippen LogP contribution < -0.4 is 5.32 Å². The highest BCUT2D eigenvalue weighted by Gasteiger charge is 2.29. The van der Waals surface area contributed by atoms with Gasteiger partial charge in [0.05, 0.1) is 6.61 Å². The first-order valence-electron chi connectivity index (χ1n) is 5.83. The van der Waals surface area contributed by atoms with E-state index in [9.17, 15) is 0 Å². The number of hydrogen-bond acceptors (Lipinski definition) is 4. The van der Waals surface area contributed by atoms with Crippen LogP contribution in [0.3, 0.4) is 0 Å². The van der Waals surface area contributed by atoms with Crippen LogP contribution in [-0.4, -0.2) is 47.8 Å². The van der Waals surface area contributed by atoms with Gasteiger partial charge in [0.2, 0.25) is 0 Å². The van der Waals surface area contributed by atoms with E-state index in [1.807, 2.05) is 0 Å². The lowest BCUT2D eigenvalue weighted by molar-refractivity contribution is 0.122. The Bertz CT molecular complexity index is 169. The molecule has 1 N–H and O–H groups in total. The molecule has 1 aliphatic rings. The van der Waals surface area contributed by atoms with Gasteiger partial charge in [-0.1, -0.05) is 13.8 Å². The highest BCUT2D eigenvalue weighted by Crippen LogP contribution is 2.33. The summed E-state index contributed by atoms with van der Waals surface area (Å²) in [5.41, 5.74) is 0. The Balaban J connectivity index is 2.44. The molecule has 3 unspecified atom stereocenters. The minimum atomic E-state index is 0.516. The molecule has 0 aromatic rings. The van der Waals surface area contributed by atoms with Gasteiger partial charge in [0.25, 0.3) is 0 Å². The predicted octanol–water partition coefficient (Wildman–Crippen LogP) is 2.24. The highest BCUT2D eigenvalue weighted by atomic mass is 32.2. The molecule has 1 aliphatic heterocycles. The summed E-state index contributed by atoms with van der Waals surface area (Å²) in [7, 11) is 0. The normalized spacial score (nSPS) is 29.0. The largest absolute Gasteiger partial charge is 0.380 e. The van der Waals surface area contributed by atoms with Crippen molar-refractivity contribution in [3.05, 3.63) is 0 Å². The van der Waals surface area contributed by atoms with Crippen LogP contribution in [0.1, 0.15) is 20.8 Å². The van der Waals surface area contributed by atoms with Crippen LogP contribution in [0.15, 0.2) is 0 Å². The molecule has 3 atom stereocenters. The second-order valence-electron chi connectivity index (χ2n) is 3.73. The molecule has 1 saturated heterocycles. The van der Waals surface area contributed by atoms with E-state index in [0.29, 0.717) is 11.3 Å². The molecule has 0 amide bonds. The molecule has 0 bridgehead atoms. The van der Waals surface area contributed by atoms with Gasteiger partial charge in [-0.15, -0.1) is 0 Å². The summed E-state index contributed by atoms with van der Waals surface area (Å²) in [6, 6.07) is 0.516. The maximum Gasteiger partial charge on any atom is 0.0630 e. The third kappa shape index (κ3) is 4.55. The summed E-state index contributed by atoms with van der Waals surface area (Å²) in [6.45, 7) is 9.29. The summed E-state index contributed by atoms with van der Waals surface area (Å²) < 4.78 is 5.56. The number of thioether (sulfide) groups is 2. The fourth-order valence-electron chi connectivity index (χ4n) is 1.87. The van der Waals surface area contributed by atoms with Crippen molar-refractivity contribution >= 4 is 23.5 Å². The molecule has 0 aromatic carbocycles. The van der Waals surface area contributed by atoms with Gasteiger partial charge in [-0.2, -0.15) is 23.5 Å². The predicted molar refractivity (Wildman–Crippen MR) is 72.1 cm³/mol. The Hall–Kier alpha value is 0.620. The van der Waals surface area contributed by atoms with Crippen molar-refractivity contribution in [1.29, 1.82) is 0 Å². The lowest BCUT2D eigenvalue weighted by Crippen LogP contribution is -2.47. The Morgan fingerprint density at radius 3 is 2.67 bits per heavy atom. The van der Waals surface area contributed by atoms with E-state index in [4.69, 9.17) is 4.74 Å². The van der Waals surface area contributed by atoms with Crippen molar-refractivity contribution in [2.75, 3.05) is 31.3 Å². The molecule has 4 heteroatoms. The summed E-state index contributed by atoms with van der Waals surface area (Å²) in [4.78, 5) is 0. The third-order valence-electron chi connectivity index (χ3n) is 2.60. The summed E-state index contributed by atoms with van der Waals surface area (Å²) in [5, 5.41) is 5.01. The van der Waals surface area contributed by atoms with Gasteiger partial charge in [-0.3, -0.25) is 0 Å². The van der Waals surface area contributed by atoms with E-state index in [2.05, 4.69) is 49.6 Å². The first-order chi connectivity index (χ1) is 7.29. The van der Waals surface area contributed by atoms with Crippen LogP contribution in [-0.2, 0) is 4.74 Å². The molecule has 0 radical (unpaired) electrons. The SMILES string of the molecule is CCNC(COCC)C1SCCSC1C. The molecule has 0 aromatic heterocycles. The Kier molecular flexibility index (Phi) is 7.14. The third-order valence-corrected chi connectivity index (χ3v) is 5.85. The van der Waals surface area contributed by atoms with Gasteiger partial charge in [-0.25, -0.2) is 0 Å². The fraction of sp³-hybridized carbons (Fsp3) is 1.00. The average Bonchev–Trinajstić information content (AvgIpc) is 2.25. The topological polar surface area (TPSA) is 21.3 Å². The lowest BCUT2D eigenvalue weighted by Gasteiger charge is -2.34. The van der Waals surface area contributed by atoms with Crippen LogP contribution in [0.2, 0.25) is 0 Å². The maximum absolute atomic E-state index is 5.56. The molecule has 1 heterocycles. The fourth-order valence-corrected chi connectivity index (χ4v) is 4.81. The first kappa shape index (κ1) is 13.7. The number of likely N-dealkylation sites (N-methyl/N-ethyl adjacent to an activating group) is 1. The van der Waals surface area contributed by atoms with E-state index >= 15 is 0 Å². The summed E-state index contributed by atoms with van der Waals surface area (Å²) in [6.07, 6.45) is 0. The molecule has 0 spiro atoms. The molecule has 15 heavy (non-hydrogen) atoms. The van der Waals surface area contributed by atoms with Crippen LogP contribution in [0.5, 0.6) is 0 Å². The van der Waals surface area contributed by atoms with Crippen LogP contribution in [0, 0.1) is 0 Å². The summed E-state index contributed by atoms with van der Waals surface area (Å²) >= 11 is 4.20. The molecule has 90 valence electrons. The molecule has 0 aliphatic carbocycles. The minimum absolute atomic E-state index is 0.516. The highest BCUT2D eigenvalue weighted by molar-refractivity contribution is 8.07. The number of nitrogens with one attached hydrogen (secondary N) is 1. The van der Waals surface area contributed by atoms with Gasteiger partial charge >= 0.3 is 0 Å². The van der Waals surface area contributed by atoms with Gasteiger partial charge in [0.1, 0.15) is 0 Å². The molecule has 2 nitrogen and oxygen atoms in total. The lowest BCUT2D eigenvalue weighted by atomic mass is 10.1. The van der Waals surface area contributed by atoms with E-state index < -0.39 is 0 Å². The smallest absolute Gasteiger partial charge is 0.0630 e. The molecular formula is C11H23NOS2. The van der Waals surface area contributed by atoms with E-state index in [1.54, 1.807) is 0 Å². The van der Waals surface area contributed by atoms with Crippen molar-refractivity contribution in [1.82, 2.24) is 5.32 Å². The monoisotopic (exact) mass is 249 g/mol. The van der Waals surface area contributed by atoms with Crippen LogP contribution in [0.25, 0.3) is 0 Å². The quantitative estimate of drug-likeness (QED) is 0.779. The number of hydrogen-bond donors (Lipinski definition) is 1. The van der Waals surface area contributed by atoms with Crippen molar-refractivity contribution in [2.24, 2.45) is 0 Å². The zero-order valence-corrected chi connectivity index (χ0v) is 11.6. The van der Waals surface area contributed by atoms with Crippen LogP contribution >= 0.6 is 23.5 Å². The number of rotatable bonds is 6. The minimum Gasteiger partial charge on any atom is -0.380 e. The molecule has 1 rings (SSSR count). The average molecular weight is 249 g/mol.